The number of nitrogens with one attached hydrogen (secondary N) is 2. The van der Waals surface area contributed by atoms with E-state index in [1.54, 1.807) is 11.8 Å². The van der Waals surface area contributed by atoms with Gasteiger partial charge in [-0.05, 0) is 26.5 Å². The highest BCUT2D eigenvalue weighted by Crippen LogP contribution is 2.41. The van der Waals surface area contributed by atoms with Gasteiger partial charge in [-0.25, -0.2) is 0 Å². The summed E-state index contributed by atoms with van der Waals surface area (Å²) in [6.45, 7) is 6.84. The lowest BCUT2D eigenvalue weighted by atomic mass is 10.3. The molecule has 0 fully saturated rings. The summed E-state index contributed by atoms with van der Waals surface area (Å²) in [6.07, 6.45) is 2.89. The number of carbonyl (C=O) groups is 1. The second-order valence-electron chi connectivity index (χ2n) is 4.26. The molecular weight excluding hydrogens is 266 g/mol. The van der Waals surface area contributed by atoms with Gasteiger partial charge in [-0.2, -0.15) is 0 Å². The Morgan fingerprint density at radius 3 is 2.67 bits per heavy atom. The summed E-state index contributed by atoms with van der Waals surface area (Å²) in [6, 6.07) is 0.320. The number of thiophene rings is 1. The summed E-state index contributed by atoms with van der Waals surface area (Å²) in [5, 5.41) is 7.18. The summed E-state index contributed by atoms with van der Waals surface area (Å²) in [5.41, 5.74) is 6.64. The Morgan fingerprint density at radius 2 is 2.17 bits per heavy atom. The van der Waals surface area contributed by atoms with Gasteiger partial charge < -0.3 is 16.4 Å². The van der Waals surface area contributed by atoms with Crippen molar-refractivity contribution < 1.29 is 4.79 Å². The monoisotopic (exact) mass is 287 g/mol. The van der Waals surface area contributed by atoms with Crippen molar-refractivity contribution in [2.24, 2.45) is 0 Å². The van der Waals surface area contributed by atoms with Gasteiger partial charge in [0.15, 0.2) is 0 Å². The Bertz CT molecular complexity index is 416. The molecule has 0 saturated carbocycles. The van der Waals surface area contributed by atoms with Crippen LogP contribution in [0.5, 0.6) is 0 Å². The zero-order valence-electron chi connectivity index (χ0n) is 11.3. The third-order valence-electron chi connectivity index (χ3n) is 2.27. The van der Waals surface area contributed by atoms with Gasteiger partial charge in [-0.3, -0.25) is 4.79 Å². The predicted octanol–water partition coefficient (Wildman–Crippen LogP) is 3.01. The Hall–Kier alpha value is -0.880. The van der Waals surface area contributed by atoms with E-state index < -0.39 is 0 Å². The molecule has 0 aliphatic rings. The lowest BCUT2D eigenvalue weighted by Gasteiger charge is -2.08. The number of hydrogen-bond donors (Lipinski definition) is 3. The van der Waals surface area contributed by atoms with Gasteiger partial charge in [0.05, 0.1) is 10.6 Å². The Labute approximate surface area is 117 Å². The highest BCUT2D eigenvalue weighted by atomic mass is 32.2. The van der Waals surface area contributed by atoms with Gasteiger partial charge in [-0.15, -0.1) is 23.1 Å². The first kappa shape index (κ1) is 15.2. The number of thioether (sulfide) groups is 1. The molecule has 4 N–H and O–H groups in total. The number of anilines is 2. The molecule has 1 aromatic heterocycles. The minimum absolute atomic E-state index is 0.0774. The normalized spacial score (nSPS) is 10.7. The molecule has 18 heavy (non-hydrogen) atoms. The van der Waals surface area contributed by atoms with Crippen LogP contribution in [0.1, 0.15) is 36.9 Å². The number of hydrogen-bond acceptors (Lipinski definition) is 5. The lowest BCUT2D eigenvalue weighted by molar-refractivity contribution is 0.0958. The second-order valence-corrected chi connectivity index (χ2v) is 6.10. The molecule has 102 valence electrons. The largest absolute Gasteiger partial charge is 0.396 e. The maximum atomic E-state index is 12.0. The van der Waals surface area contributed by atoms with Crippen molar-refractivity contribution in [3.63, 3.8) is 0 Å². The van der Waals surface area contributed by atoms with Gasteiger partial charge in [0.2, 0.25) is 0 Å². The summed E-state index contributed by atoms with van der Waals surface area (Å²) in [4.78, 5) is 13.5. The highest BCUT2D eigenvalue weighted by Gasteiger charge is 2.20. The van der Waals surface area contributed by atoms with Crippen LogP contribution in [0.4, 0.5) is 10.7 Å². The van der Waals surface area contributed by atoms with Crippen molar-refractivity contribution in [1.82, 2.24) is 5.32 Å². The molecule has 0 bridgehead atoms. The van der Waals surface area contributed by atoms with Crippen molar-refractivity contribution in [1.29, 1.82) is 0 Å². The van der Waals surface area contributed by atoms with Crippen LogP contribution >= 0.6 is 23.1 Å². The number of amides is 1. The maximum absolute atomic E-state index is 12.0. The minimum atomic E-state index is -0.0774. The molecule has 0 aromatic carbocycles. The van der Waals surface area contributed by atoms with Gasteiger partial charge >= 0.3 is 0 Å². The molecule has 1 aromatic rings. The van der Waals surface area contributed by atoms with E-state index in [0.29, 0.717) is 23.2 Å². The third-order valence-corrected chi connectivity index (χ3v) is 4.36. The molecular formula is C12H21N3OS2. The Kier molecular flexibility index (Phi) is 5.81. The number of nitrogens with two attached hydrogens (primary N) is 1. The molecule has 0 aliphatic carbocycles. The second kappa shape index (κ2) is 6.89. The standard InChI is InChI=1S/C12H21N3OS2/c1-5-6-14-11(16)9-8(13)10(17-4)12(18-9)15-7(2)3/h7,15H,5-6,13H2,1-4H3,(H,14,16). The van der Waals surface area contributed by atoms with Crippen LogP contribution in [0.3, 0.4) is 0 Å². The van der Waals surface area contributed by atoms with E-state index >= 15 is 0 Å². The van der Waals surface area contributed by atoms with E-state index in [-0.39, 0.29) is 5.91 Å². The molecule has 0 aliphatic heterocycles. The molecule has 6 heteroatoms. The van der Waals surface area contributed by atoms with E-state index in [9.17, 15) is 4.79 Å². The van der Waals surface area contributed by atoms with E-state index in [1.807, 2.05) is 13.2 Å². The fourth-order valence-electron chi connectivity index (χ4n) is 1.48. The van der Waals surface area contributed by atoms with Crippen LogP contribution < -0.4 is 16.4 Å². The van der Waals surface area contributed by atoms with Crippen LogP contribution in [-0.2, 0) is 0 Å². The van der Waals surface area contributed by atoms with Crippen LogP contribution in [-0.4, -0.2) is 24.7 Å². The average Bonchev–Trinajstić information content (AvgIpc) is 2.61. The summed E-state index contributed by atoms with van der Waals surface area (Å²) < 4.78 is 0. The molecule has 0 radical (unpaired) electrons. The zero-order valence-corrected chi connectivity index (χ0v) is 12.9. The molecule has 4 nitrogen and oxygen atoms in total. The maximum Gasteiger partial charge on any atom is 0.263 e. The lowest BCUT2D eigenvalue weighted by Crippen LogP contribution is -2.23. The Morgan fingerprint density at radius 1 is 1.50 bits per heavy atom. The van der Waals surface area contributed by atoms with Gasteiger partial charge in [0.25, 0.3) is 5.91 Å². The predicted molar refractivity (Wildman–Crippen MR) is 81.9 cm³/mol. The van der Waals surface area contributed by atoms with E-state index in [4.69, 9.17) is 5.73 Å². The summed E-state index contributed by atoms with van der Waals surface area (Å²) in [5.74, 6) is -0.0774. The SMILES string of the molecule is CCCNC(=O)c1sc(NC(C)C)c(SC)c1N. The quantitative estimate of drug-likeness (QED) is 0.704. The van der Waals surface area contributed by atoms with Crippen molar-refractivity contribution in [2.45, 2.75) is 38.1 Å². The number of rotatable bonds is 6. The van der Waals surface area contributed by atoms with Gasteiger partial charge in [0, 0.05) is 12.6 Å². The first-order valence-electron chi connectivity index (χ1n) is 6.02. The number of carbonyl (C=O) groups excluding carboxylic acids is 1. The van der Waals surface area contributed by atoms with Crippen LogP contribution in [0.25, 0.3) is 0 Å². The highest BCUT2D eigenvalue weighted by molar-refractivity contribution is 7.99. The summed E-state index contributed by atoms with van der Waals surface area (Å²) >= 11 is 3.00. The van der Waals surface area contributed by atoms with Gasteiger partial charge in [-0.1, -0.05) is 6.92 Å². The molecule has 1 amide bonds. The van der Waals surface area contributed by atoms with Gasteiger partial charge in [0.1, 0.15) is 9.88 Å². The average molecular weight is 287 g/mol. The molecule has 1 heterocycles. The van der Waals surface area contributed by atoms with Crippen LogP contribution in [0.2, 0.25) is 0 Å². The van der Waals surface area contributed by atoms with Crippen molar-refractivity contribution in [2.75, 3.05) is 23.9 Å². The topological polar surface area (TPSA) is 67.2 Å². The third kappa shape index (κ3) is 3.55. The van der Waals surface area contributed by atoms with E-state index in [2.05, 4.69) is 24.5 Å². The minimum Gasteiger partial charge on any atom is -0.396 e. The molecule has 0 spiro atoms. The fourth-order valence-corrected chi connectivity index (χ4v) is 3.56. The molecule has 0 unspecified atom stereocenters. The van der Waals surface area contributed by atoms with Crippen molar-refractivity contribution >= 4 is 39.7 Å². The Balaban J connectivity index is 2.99. The first-order valence-corrected chi connectivity index (χ1v) is 8.06. The molecule has 0 atom stereocenters. The van der Waals surface area contributed by atoms with Crippen molar-refractivity contribution in [3.8, 4) is 0 Å². The molecule has 0 saturated heterocycles. The van der Waals surface area contributed by atoms with Crippen LogP contribution in [0.15, 0.2) is 4.90 Å². The van der Waals surface area contributed by atoms with E-state index in [1.165, 1.54) is 11.3 Å². The molecule has 1 rings (SSSR count). The van der Waals surface area contributed by atoms with Crippen molar-refractivity contribution in [3.05, 3.63) is 4.88 Å². The fraction of sp³-hybridized carbons (Fsp3) is 0.583. The summed E-state index contributed by atoms with van der Waals surface area (Å²) in [7, 11) is 0. The van der Waals surface area contributed by atoms with Crippen LogP contribution in [0, 0.1) is 0 Å². The number of nitrogen functional groups attached to an aromatic ring is 1. The zero-order chi connectivity index (χ0) is 13.7. The first-order chi connectivity index (χ1) is 8.51. The smallest absolute Gasteiger partial charge is 0.263 e. The van der Waals surface area contributed by atoms with E-state index in [0.717, 1.165) is 16.3 Å².